The summed E-state index contributed by atoms with van der Waals surface area (Å²) < 4.78 is 0. The van der Waals surface area contributed by atoms with Crippen molar-refractivity contribution in [2.75, 3.05) is 24.5 Å². The van der Waals surface area contributed by atoms with E-state index in [4.69, 9.17) is 11.6 Å². The van der Waals surface area contributed by atoms with Crippen LogP contribution in [0.2, 0.25) is 5.15 Å². The van der Waals surface area contributed by atoms with Crippen LogP contribution in [0.5, 0.6) is 0 Å². The zero-order valence-corrected chi connectivity index (χ0v) is 11.7. The smallest absolute Gasteiger partial charge is 0.223 e. The van der Waals surface area contributed by atoms with Crippen molar-refractivity contribution in [3.63, 3.8) is 0 Å². The van der Waals surface area contributed by atoms with E-state index >= 15 is 0 Å². The van der Waals surface area contributed by atoms with E-state index in [0.717, 1.165) is 44.1 Å². The van der Waals surface area contributed by atoms with Gasteiger partial charge in [-0.3, -0.25) is 4.79 Å². The molecule has 3 heterocycles. The standard InChI is InChI=1S/C13H17ClN4O/c1-2-11-15-10(14)7-12(16-11)17-5-6-18-9(8-17)3-4-13(18)19/h7,9H,2-6,8H2,1H3. The number of amides is 1. The van der Waals surface area contributed by atoms with E-state index in [1.165, 1.54) is 0 Å². The third-order valence-corrected chi connectivity index (χ3v) is 4.06. The summed E-state index contributed by atoms with van der Waals surface area (Å²) in [5.41, 5.74) is 0. The first-order chi connectivity index (χ1) is 9.17. The summed E-state index contributed by atoms with van der Waals surface area (Å²) in [5.74, 6) is 1.95. The SMILES string of the molecule is CCc1nc(Cl)cc(N2CCN3C(=O)CCC3C2)n1. The number of anilines is 1. The highest BCUT2D eigenvalue weighted by Gasteiger charge is 2.35. The number of halogens is 1. The third-order valence-electron chi connectivity index (χ3n) is 3.86. The molecule has 1 aromatic heterocycles. The Labute approximate surface area is 117 Å². The molecule has 1 amide bonds. The number of hydrogen-bond acceptors (Lipinski definition) is 4. The zero-order chi connectivity index (χ0) is 13.4. The Hall–Kier alpha value is -1.36. The van der Waals surface area contributed by atoms with Gasteiger partial charge in [0, 0.05) is 44.6 Å². The van der Waals surface area contributed by atoms with Crippen molar-refractivity contribution in [3.05, 3.63) is 17.0 Å². The van der Waals surface area contributed by atoms with Crippen LogP contribution in [0.3, 0.4) is 0 Å². The van der Waals surface area contributed by atoms with E-state index < -0.39 is 0 Å². The molecule has 1 unspecified atom stereocenters. The van der Waals surface area contributed by atoms with Crippen LogP contribution in [0.1, 0.15) is 25.6 Å². The minimum absolute atomic E-state index is 0.291. The van der Waals surface area contributed by atoms with Gasteiger partial charge in [-0.1, -0.05) is 18.5 Å². The van der Waals surface area contributed by atoms with Gasteiger partial charge in [0.1, 0.15) is 16.8 Å². The van der Waals surface area contributed by atoms with Gasteiger partial charge in [0.05, 0.1) is 0 Å². The van der Waals surface area contributed by atoms with E-state index in [9.17, 15) is 4.79 Å². The third kappa shape index (κ3) is 2.39. The maximum Gasteiger partial charge on any atom is 0.223 e. The van der Waals surface area contributed by atoms with Crippen molar-refractivity contribution in [1.82, 2.24) is 14.9 Å². The minimum atomic E-state index is 0.291. The van der Waals surface area contributed by atoms with Crippen LogP contribution in [-0.2, 0) is 11.2 Å². The van der Waals surface area contributed by atoms with Crippen LogP contribution in [0, 0.1) is 0 Å². The number of hydrogen-bond donors (Lipinski definition) is 0. The van der Waals surface area contributed by atoms with E-state index in [0.29, 0.717) is 23.5 Å². The molecule has 5 nitrogen and oxygen atoms in total. The molecule has 0 aliphatic carbocycles. The van der Waals surface area contributed by atoms with Gasteiger partial charge in [-0.25, -0.2) is 9.97 Å². The Morgan fingerprint density at radius 2 is 2.26 bits per heavy atom. The molecule has 0 spiro atoms. The van der Waals surface area contributed by atoms with E-state index in [1.807, 2.05) is 17.9 Å². The summed E-state index contributed by atoms with van der Waals surface area (Å²) in [6.07, 6.45) is 2.41. The minimum Gasteiger partial charge on any atom is -0.353 e. The molecular weight excluding hydrogens is 264 g/mol. The van der Waals surface area contributed by atoms with Crippen molar-refractivity contribution >= 4 is 23.3 Å². The number of nitrogens with zero attached hydrogens (tertiary/aromatic N) is 4. The summed E-state index contributed by atoms with van der Waals surface area (Å²) in [4.78, 5) is 24.6. The summed E-state index contributed by atoms with van der Waals surface area (Å²) in [6, 6.07) is 2.15. The Morgan fingerprint density at radius 3 is 3.05 bits per heavy atom. The normalized spacial score (nSPS) is 22.8. The number of aromatic nitrogens is 2. The van der Waals surface area contributed by atoms with Crippen LogP contribution in [-0.4, -0.2) is 46.5 Å². The second kappa shape index (κ2) is 4.96. The molecule has 2 aliphatic heterocycles. The molecular formula is C13H17ClN4O. The van der Waals surface area contributed by atoms with Crippen molar-refractivity contribution in [1.29, 1.82) is 0 Å². The second-order valence-corrected chi connectivity index (χ2v) is 5.43. The van der Waals surface area contributed by atoms with E-state index in [-0.39, 0.29) is 0 Å². The summed E-state index contributed by atoms with van der Waals surface area (Å²) in [6.45, 7) is 4.47. The molecule has 0 radical (unpaired) electrons. The van der Waals surface area contributed by atoms with Crippen molar-refractivity contribution in [3.8, 4) is 0 Å². The molecule has 19 heavy (non-hydrogen) atoms. The van der Waals surface area contributed by atoms with E-state index in [2.05, 4.69) is 14.9 Å². The number of rotatable bonds is 2. The lowest BCUT2D eigenvalue weighted by atomic mass is 10.1. The van der Waals surface area contributed by atoms with Gasteiger partial charge in [-0.05, 0) is 6.42 Å². The van der Waals surface area contributed by atoms with Crippen LogP contribution in [0.25, 0.3) is 0 Å². The Kier molecular flexibility index (Phi) is 3.31. The van der Waals surface area contributed by atoms with Gasteiger partial charge >= 0.3 is 0 Å². The van der Waals surface area contributed by atoms with Crippen LogP contribution in [0.4, 0.5) is 5.82 Å². The van der Waals surface area contributed by atoms with E-state index in [1.54, 1.807) is 0 Å². The molecule has 3 rings (SSSR count). The van der Waals surface area contributed by atoms with Gasteiger partial charge in [-0.15, -0.1) is 0 Å². The maximum atomic E-state index is 11.7. The van der Waals surface area contributed by atoms with Crippen molar-refractivity contribution in [2.24, 2.45) is 0 Å². The first-order valence-corrected chi connectivity index (χ1v) is 7.13. The first-order valence-electron chi connectivity index (χ1n) is 6.75. The van der Waals surface area contributed by atoms with Crippen molar-refractivity contribution in [2.45, 2.75) is 32.2 Å². The average molecular weight is 281 g/mol. The van der Waals surface area contributed by atoms with Gasteiger partial charge in [0.25, 0.3) is 0 Å². The molecule has 0 saturated carbocycles. The van der Waals surface area contributed by atoms with Crippen LogP contribution in [0.15, 0.2) is 6.07 Å². The highest BCUT2D eigenvalue weighted by molar-refractivity contribution is 6.29. The van der Waals surface area contributed by atoms with Gasteiger partial charge in [-0.2, -0.15) is 0 Å². The summed E-state index contributed by atoms with van der Waals surface area (Å²) >= 11 is 6.04. The average Bonchev–Trinajstić information content (AvgIpc) is 2.79. The van der Waals surface area contributed by atoms with Crippen molar-refractivity contribution < 1.29 is 4.79 Å². The first kappa shape index (κ1) is 12.7. The topological polar surface area (TPSA) is 49.3 Å². The Morgan fingerprint density at radius 1 is 1.42 bits per heavy atom. The second-order valence-electron chi connectivity index (χ2n) is 5.04. The fourth-order valence-corrected chi connectivity index (χ4v) is 3.04. The number of aryl methyl sites for hydroxylation is 1. The fraction of sp³-hybridized carbons (Fsp3) is 0.615. The largest absolute Gasteiger partial charge is 0.353 e. The molecule has 1 atom stereocenters. The number of piperazine rings is 1. The summed E-state index contributed by atoms with van der Waals surface area (Å²) in [7, 11) is 0. The lowest BCUT2D eigenvalue weighted by molar-refractivity contribution is -0.129. The number of carbonyl (C=O) groups excluding carboxylic acids is 1. The molecule has 2 saturated heterocycles. The molecule has 2 fully saturated rings. The number of carbonyl (C=O) groups is 1. The predicted octanol–water partition coefficient (Wildman–Crippen LogP) is 1.50. The Bertz CT molecular complexity index is 507. The van der Waals surface area contributed by atoms with Gasteiger partial charge < -0.3 is 9.80 Å². The van der Waals surface area contributed by atoms with Gasteiger partial charge in [0.15, 0.2) is 0 Å². The lowest BCUT2D eigenvalue weighted by Gasteiger charge is -2.38. The Balaban J connectivity index is 1.80. The molecule has 6 heteroatoms. The van der Waals surface area contributed by atoms with Crippen LogP contribution >= 0.6 is 11.6 Å². The molecule has 0 bridgehead atoms. The molecule has 102 valence electrons. The van der Waals surface area contributed by atoms with Crippen LogP contribution < -0.4 is 4.90 Å². The molecule has 0 aromatic carbocycles. The van der Waals surface area contributed by atoms with Gasteiger partial charge in [0.2, 0.25) is 5.91 Å². The monoisotopic (exact) mass is 280 g/mol. The molecule has 0 N–H and O–H groups in total. The fourth-order valence-electron chi connectivity index (χ4n) is 2.84. The highest BCUT2D eigenvalue weighted by atomic mass is 35.5. The molecule has 1 aromatic rings. The quantitative estimate of drug-likeness (QED) is 0.771. The summed E-state index contributed by atoms with van der Waals surface area (Å²) in [5, 5.41) is 0.492. The number of fused-ring (bicyclic) bond motifs is 1. The highest BCUT2D eigenvalue weighted by Crippen LogP contribution is 2.26. The predicted molar refractivity (Wildman–Crippen MR) is 73.4 cm³/mol. The molecule has 2 aliphatic rings. The lowest BCUT2D eigenvalue weighted by Crippen LogP contribution is -2.51. The maximum absolute atomic E-state index is 11.7. The zero-order valence-electron chi connectivity index (χ0n) is 11.0.